The van der Waals surface area contributed by atoms with Crippen LogP contribution in [0.5, 0.6) is 0 Å². The molecule has 0 aromatic heterocycles. The average molecular weight is 395 g/mol. The number of alkyl halides is 3. The Morgan fingerprint density at radius 3 is 2.54 bits per heavy atom. The lowest BCUT2D eigenvalue weighted by molar-refractivity contribution is -0.153. The number of carbonyl (C=O) groups excluding carboxylic acids is 2. The van der Waals surface area contributed by atoms with Crippen LogP contribution in [0, 0.1) is 11.8 Å². The van der Waals surface area contributed by atoms with Gasteiger partial charge in [0, 0.05) is 12.0 Å². The molecule has 1 aromatic carbocycles. The number of ether oxygens (including phenoxy) is 1. The van der Waals surface area contributed by atoms with Crippen molar-refractivity contribution >= 4 is 11.9 Å². The summed E-state index contributed by atoms with van der Waals surface area (Å²) < 4.78 is 44.9. The molecule has 0 N–H and O–H groups in total. The summed E-state index contributed by atoms with van der Waals surface area (Å²) in [5.41, 5.74) is -0.487. The molecule has 7 heteroatoms. The van der Waals surface area contributed by atoms with Gasteiger partial charge < -0.3 is 9.64 Å². The van der Waals surface area contributed by atoms with E-state index in [1.807, 2.05) is 0 Å². The fourth-order valence-electron chi connectivity index (χ4n) is 5.21. The number of esters is 1. The van der Waals surface area contributed by atoms with Crippen LogP contribution in [-0.2, 0) is 20.5 Å². The maximum Gasteiger partial charge on any atom is 0.416 e. The highest BCUT2D eigenvalue weighted by molar-refractivity contribution is 5.89. The molecular weight excluding hydrogens is 371 g/mol. The molecule has 2 saturated carbocycles. The van der Waals surface area contributed by atoms with Crippen LogP contribution in [0.15, 0.2) is 24.3 Å². The summed E-state index contributed by atoms with van der Waals surface area (Å²) in [4.78, 5) is 27.2. The topological polar surface area (TPSA) is 46.6 Å². The normalized spacial score (nSPS) is 32.0. The average Bonchev–Trinajstić information content (AvgIpc) is 3.39. The monoisotopic (exact) mass is 395 g/mol. The zero-order chi connectivity index (χ0) is 20.1. The van der Waals surface area contributed by atoms with E-state index in [0.29, 0.717) is 12.8 Å². The molecule has 1 amide bonds. The van der Waals surface area contributed by atoms with Crippen molar-refractivity contribution < 1.29 is 27.5 Å². The highest BCUT2D eigenvalue weighted by Gasteiger charge is 2.55. The molecule has 1 aliphatic heterocycles. The van der Waals surface area contributed by atoms with E-state index in [4.69, 9.17) is 4.74 Å². The Hall–Kier alpha value is -2.05. The van der Waals surface area contributed by atoms with Gasteiger partial charge in [0.15, 0.2) is 0 Å². The zero-order valence-electron chi connectivity index (χ0n) is 15.7. The van der Waals surface area contributed by atoms with Gasteiger partial charge in [0.1, 0.15) is 6.04 Å². The summed E-state index contributed by atoms with van der Waals surface area (Å²) in [7, 11) is 1.31. The molecule has 4 nitrogen and oxygen atoms in total. The van der Waals surface area contributed by atoms with Crippen LogP contribution < -0.4 is 0 Å². The molecule has 2 aliphatic carbocycles. The quantitative estimate of drug-likeness (QED) is 0.723. The van der Waals surface area contributed by atoms with Crippen molar-refractivity contribution in [3.63, 3.8) is 0 Å². The Kier molecular flexibility index (Phi) is 4.88. The number of amides is 1. The highest BCUT2D eigenvalue weighted by atomic mass is 19.4. The van der Waals surface area contributed by atoms with Crippen molar-refractivity contribution in [3.05, 3.63) is 35.4 Å². The van der Waals surface area contributed by atoms with Crippen molar-refractivity contribution in [2.24, 2.45) is 11.8 Å². The molecule has 152 valence electrons. The minimum Gasteiger partial charge on any atom is -0.467 e. The number of rotatable bonds is 3. The molecule has 4 rings (SSSR count). The first-order valence-corrected chi connectivity index (χ1v) is 9.89. The van der Waals surface area contributed by atoms with E-state index in [1.165, 1.54) is 19.2 Å². The lowest BCUT2D eigenvalue weighted by Gasteiger charge is -2.33. The molecule has 0 unspecified atom stereocenters. The number of likely N-dealkylation sites (tertiary alicyclic amines) is 1. The SMILES string of the molecule is COC(=O)[C@@H]1C[C@@H]2CCCC[C@@H]2N1C(=O)[C@H]1C[C@@H]1c1ccccc1C(F)(F)F. The fourth-order valence-corrected chi connectivity index (χ4v) is 5.21. The maximum absolute atomic E-state index is 13.3. The lowest BCUT2D eigenvalue weighted by Crippen LogP contribution is -2.47. The molecule has 28 heavy (non-hydrogen) atoms. The fraction of sp³-hybridized carbons (Fsp3) is 0.619. The van der Waals surface area contributed by atoms with Gasteiger partial charge in [-0.15, -0.1) is 0 Å². The number of carbonyl (C=O) groups is 2. The third-order valence-electron chi connectivity index (χ3n) is 6.59. The van der Waals surface area contributed by atoms with E-state index in [9.17, 15) is 22.8 Å². The molecule has 0 radical (unpaired) electrons. The molecular formula is C21H24F3NO3. The summed E-state index contributed by atoms with van der Waals surface area (Å²) in [6.07, 6.45) is 0.468. The summed E-state index contributed by atoms with van der Waals surface area (Å²) in [5.74, 6) is -1.26. The van der Waals surface area contributed by atoms with Gasteiger partial charge in [0.2, 0.25) is 5.91 Å². The van der Waals surface area contributed by atoms with Crippen LogP contribution in [-0.4, -0.2) is 36.0 Å². The van der Waals surface area contributed by atoms with Crippen molar-refractivity contribution in [2.45, 2.75) is 62.7 Å². The minimum atomic E-state index is -4.44. The molecule has 3 fully saturated rings. The van der Waals surface area contributed by atoms with Gasteiger partial charge in [-0.3, -0.25) is 4.79 Å². The van der Waals surface area contributed by atoms with Gasteiger partial charge in [0.05, 0.1) is 12.7 Å². The predicted molar refractivity (Wildman–Crippen MR) is 95.3 cm³/mol. The molecule has 5 atom stereocenters. The second kappa shape index (κ2) is 7.08. The third kappa shape index (κ3) is 3.29. The zero-order valence-corrected chi connectivity index (χ0v) is 15.7. The van der Waals surface area contributed by atoms with E-state index in [0.717, 1.165) is 31.7 Å². The maximum atomic E-state index is 13.3. The molecule has 1 saturated heterocycles. The van der Waals surface area contributed by atoms with Gasteiger partial charge in [-0.2, -0.15) is 13.2 Å². The van der Waals surface area contributed by atoms with Crippen LogP contribution in [0.25, 0.3) is 0 Å². The predicted octanol–water partition coefficient (Wildman–Crippen LogP) is 4.14. The molecule has 0 bridgehead atoms. The molecule has 1 heterocycles. The highest BCUT2D eigenvalue weighted by Crippen LogP contribution is 2.53. The second-order valence-corrected chi connectivity index (χ2v) is 8.17. The van der Waals surface area contributed by atoms with E-state index in [1.54, 1.807) is 11.0 Å². The number of hydrogen-bond donors (Lipinski definition) is 0. The third-order valence-corrected chi connectivity index (χ3v) is 6.59. The molecule has 3 aliphatic rings. The Labute approximate surface area is 162 Å². The second-order valence-electron chi connectivity index (χ2n) is 8.17. The van der Waals surface area contributed by atoms with Crippen LogP contribution in [0.3, 0.4) is 0 Å². The lowest BCUT2D eigenvalue weighted by atomic mass is 9.84. The Balaban J connectivity index is 1.57. The Morgan fingerprint density at radius 2 is 1.82 bits per heavy atom. The van der Waals surface area contributed by atoms with Gasteiger partial charge in [-0.25, -0.2) is 4.79 Å². The standard InChI is InChI=1S/C21H24F3NO3/c1-28-20(27)18-10-12-6-2-5-9-17(12)25(18)19(26)15-11-14(15)13-7-3-4-8-16(13)21(22,23)24/h3-4,7-8,12,14-15,17-18H,2,5-6,9-11H2,1H3/t12-,14+,15-,17-,18-/m0/s1. The number of hydrogen-bond acceptors (Lipinski definition) is 3. The first-order valence-electron chi connectivity index (χ1n) is 9.89. The van der Waals surface area contributed by atoms with Gasteiger partial charge >= 0.3 is 12.1 Å². The summed E-state index contributed by atoms with van der Waals surface area (Å²) >= 11 is 0. The molecule has 1 aromatic rings. The van der Waals surface area contributed by atoms with E-state index in [-0.39, 0.29) is 23.4 Å². The van der Waals surface area contributed by atoms with E-state index in [2.05, 4.69) is 0 Å². The van der Waals surface area contributed by atoms with Gasteiger partial charge in [0.25, 0.3) is 0 Å². The largest absolute Gasteiger partial charge is 0.467 e. The minimum absolute atomic E-state index is 0.00413. The number of nitrogens with zero attached hydrogens (tertiary/aromatic N) is 1. The van der Waals surface area contributed by atoms with Crippen molar-refractivity contribution in [2.75, 3.05) is 7.11 Å². The Bertz CT molecular complexity index is 778. The van der Waals surface area contributed by atoms with E-state index >= 15 is 0 Å². The van der Waals surface area contributed by atoms with E-state index < -0.39 is 35.6 Å². The first-order chi connectivity index (χ1) is 13.3. The summed E-state index contributed by atoms with van der Waals surface area (Å²) in [6, 6.07) is 4.88. The molecule has 0 spiro atoms. The summed E-state index contributed by atoms with van der Waals surface area (Å²) in [5, 5.41) is 0. The van der Waals surface area contributed by atoms with Gasteiger partial charge in [-0.1, -0.05) is 31.0 Å². The smallest absolute Gasteiger partial charge is 0.416 e. The number of benzene rings is 1. The van der Waals surface area contributed by atoms with Crippen molar-refractivity contribution in [3.8, 4) is 0 Å². The number of fused-ring (bicyclic) bond motifs is 1. The van der Waals surface area contributed by atoms with Crippen molar-refractivity contribution in [1.29, 1.82) is 0 Å². The summed E-state index contributed by atoms with van der Waals surface area (Å²) in [6.45, 7) is 0. The number of methoxy groups -OCH3 is 1. The van der Waals surface area contributed by atoms with Crippen LogP contribution >= 0.6 is 0 Å². The van der Waals surface area contributed by atoms with Crippen LogP contribution in [0.2, 0.25) is 0 Å². The van der Waals surface area contributed by atoms with Crippen LogP contribution in [0.1, 0.15) is 55.6 Å². The van der Waals surface area contributed by atoms with Crippen LogP contribution in [0.4, 0.5) is 13.2 Å². The number of halogens is 3. The Morgan fingerprint density at radius 1 is 1.11 bits per heavy atom. The van der Waals surface area contributed by atoms with Crippen molar-refractivity contribution in [1.82, 2.24) is 4.90 Å². The van der Waals surface area contributed by atoms with Gasteiger partial charge in [-0.05, 0) is 49.1 Å². The first kappa shape index (κ1) is 19.3.